The van der Waals surface area contributed by atoms with Crippen LogP contribution < -0.4 is 10.1 Å². The van der Waals surface area contributed by atoms with E-state index in [0.717, 1.165) is 30.2 Å². The van der Waals surface area contributed by atoms with Crippen molar-refractivity contribution in [1.82, 2.24) is 0 Å². The second-order valence-electron chi connectivity index (χ2n) is 5.41. The lowest BCUT2D eigenvalue weighted by Crippen LogP contribution is -2.34. The standard InChI is InChI=1S/C16H19BrN2O2/c1-21-14-7-6-12(17)10-13(14)19-15(20)16(11-18)8-4-2-3-5-9-16/h6-7,10H,2-5,8-9H2,1H3,(H,19,20). The molecule has 0 heterocycles. The van der Waals surface area contributed by atoms with Gasteiger partial charge in [0.2, 0.25) is 5.91 Å². The smallest absolute Gasteiger partial charge is 0.244 e. The molecule has 21 heavy (non-hydrogen) atoms. The van der Waals surface area contributed by atoms with E-state index in [4.69, 9.17) is 4.74 Å². The molecule has 1 aromatic rings. The molecule has 0 unspecified atom stereocenters. The average Bonchev–Trinajstić information content (AvgIpc) is 2.74. The first-order valence-electron chi connectivity index (χ1n) is 7.17. The summed E-state index contributed by atoms with van der Waals surface area (Å²) in [5, 5.41) is 12.4. The topological polar surface area (TPSA) is 62.1 Å². The fourth-order valence-corrected chi connectivity index (χ4v) is 3.10. The van der Waals surface area contributed by atoms with E-state index in [2.05, 4.69) is 27.3 Å². The van der Waals surface area contributed by atoms with Crippen LogP contribution in [0.3, 0.4) is 0 Å². The first kappa shape index (κ1) is 15.8. The number of halogens is 1. The maximum absolute atomic E-state index is 12.6. The molecule has 1 N–H and O–H groups in total. The first-order valence-corrected chi connectivity index (χ1v) is 7.97. The van der Waals surface area contributed by atoms with E-state index in [1.807, 2.05) is 6.07 Å². The molecule has 1 aromatic carbocycles. The van der Waals surface area contributed by atoms with E-state index in [-0.39, 0.29) is 5.91 Å². The van der Waals surface area contributed by atoms with Gasteiger partial charge in [0.05, 0.1) is 18.9 Å². The van der Waals surface area contributed by atoms with Gasteiger partial charge in [-0.05, 0) is 31.0 Å². The summed E-state index contributed by atoms with van der Waals surface area (Å²) < 4.78 is 6.11. The SMILES string of the molecule is COc1ccc(Br)cc1NC(=O)C1(C#N)CCCCCC1. The number of nitrogens with zero attached hydrogens (tertiary/aromatic N) is 1. The number of anilines is 1. The van der Waals surface area contributed by atoms with Gasteiger partial charge in [0.25, 0.3) is 0 Å². The molecule has 112 valence electrons. The summed E-state index contributed by atoms with van der Waals surface area (Å²) in [6.45, 7) is 0. The number of nitriles is 1. The zero-order chi connectivity index (χ0) is 15.3. The van der Waals surface area contributed by atoms with Crippen LogP contribution in [0.5, 0.6) is 5.75 Å². The summed E-state index contributed by atoms with van der Waals surface area (Å²) in [7, 11) is 1.56. The summed E-state index contributed by atoms with van der Waals surface area (Å²) in [6.07, 6.45) is 5.30. The highest BCUT2D eigenvalue weighted by Gasteiger charge is 2.39. The summed E-state index contributed by atoms with van der Waals surface area (Å²) in [5.74, 6) is 0.372. The second-order valence-corrected chi connectivity index (χ2v) is 6.32. The van der Waals surface area contributed by atoms with Crippen molar-refractivity contribution in [3.63, 3.8) is 0 Å². The van der Waals surface area contributed by atoms with Crippen molar-refractivity contribution in [2.45, 2.75) is 38.5 Å². The Labute approximate surface area is 133 Å². The highest BCUT2D eigenvalue weighted by molar-refractivity contribution is 9.10. The first-order chi connectivity index (χ1) is 10.1. The van der Waals surface area contributed by atoms with Gasteiger partial charge in [0.15, 0.2) is 0 Å². The Kier molecular flexibility index (Phi) is 5.24. The number of benzene rings is 1. The van der Waals surface area contributed by atoms with Gasteiger partial charge in [0, 0.05) is 4.47 Å². The summed E-state index contributed by atoms with van der Waals surface area (Å²) in [6, 6.07) is 7.69. The zero-order valence-electron chi connectivity index (χ0n) is 12.1. The van der Waals surface area contributed by atoms with Gasteiger partial charge in [-0.3, -0.25) is 4.79 Å². The summed E-state index contributed by atoms with van der Waals surface area (Å²) >= 11 is 3.38. The molecule has 0 radical (unpaired) electrons. The van der Waals surface area contributed by atoms with Crippen molar-refractivity contribution in [3.05, 3.63) is 22.7 Å². The highest BCUT2D eigenvalue weighted by Crippen LogP contribution is 2.37. The molecule has 1 aliphatic carbocycles. The molecular weight excluding hydrogens is 332 g/mol. The number of carbonyl (C=O) groups excluding carboxylic acids is 1. The molecule has 0 bridgehead atoms. The van der Waals surface area contributed by atoms with E-state index >= 15 is 0 Å². The molecule has 5 heteroatoms. The monoisotopic (exact) mass is 350 g/mol. The lowest BCUT2D eigenvalue weighted by Gasteiger charge is -2.24. The molecule has 1 fully saturated rings. The van der Waals surface area contributed by atoms with Crippen LogP contribution >= 0.6 is 15.9 Å². The maximum Gasteiger partial charge on any atom is 0.244 e. The quantitative estimate of drug-likeness (QED) is 0.828. The number of ether oxygens (including phenoxy) is 1. The van der Waals surface area contributed by atoms with Gasteiger partial charge < -0.3 is 10.1 Å². The summed E-state index contributed by atoms with van der Waals surface area (Å²) in [5.41, 5.74) is -0.320. The van der Waals surface area contributed by atoms with E-state index in [1.54, 1.807) is 19.2 Å². The maximum atomic E-state index is 12.6. The minimum atomic E-state index is -0.913. The Balaban J connectivity index is 2.23. The Bertz CT molecular complexity index is 558. The van der Waals surface area contributed by atoms with Crippen LogP contribution in [0.15, 0.2) is 22.7 Å². The normalized spacial score (nSPS) is 17.4. The molecule has 0 saturated heterocycles. The highest BCUT2D eigenvalue weighted by atomic mass is 79.9. The Morgan fingerprint density at radius 1 is 1.33 bits per heavy atom. The third-order valence-electron chi connectivity index (χ3n) is 4.02. The fraction of sp³-hybridized carbons (Fsp3) is 0.500. The molecule has 0 atom stereocenters. The molecule has 1 aliphatic rings. The van der Waals surface area contributed by atoms with Crippen LogP contribution in [0.1, 0.15) is 38.5 Å². The number of carbonyl (C=O) groups is 1. The summed E-state index contributed by atoms with van der Waals surface area (Å²) in [4.78, 5) is 12.6. The molecule has 4 nitrogen and oxygen atoms in total. The predicted octanol–water partition coefficient (Wildman–Crippen LogP) is 4.26. The van der Waals surface area contributed by atoms with Crippen molar-refractivity contribution in [2.24, 2.45) is 5.41 Å². The number of rotatable bonds is 3. The van der Waals surface area contributed by atoms with E-state index in [9.17, 15) is 10.1 Å². The zero-order valence-corrected chi connectivity index (χ0v) is 13.7. The van der Waals surface area contributed by atoms with E-state index < -0.39 is 5.41 Å². The van der Waals surface area contributed by atoms with Crippen molar-refractivity contribution in [3.8, 4) is 11.8 Å². The Hall–Kier alpha value is -1.54. The van der Waals surface area contributed by atoms with Crippen molar-refractivity contribution in [2.75, 3.05) is 12.4 Å². The van der Waals surface area contributed by atoms with Gasteiger partial charge in [0.1, 0.15) is 11.2 Å². The van der Waals surface area contributed by atoms with Gasteiger partial charge in [-0.1, -0.05) is 41.6 Å². The predicted molar refractivity (Wildman–Crippen MR) is 85.1 cm³/mol. The van der Waals surface area contributed by atoms with E-state index in [1.165, 1.54) is 0 Å². The van der Waals surface area contributed by atoms with Crippen LogP contribution in [0.25, 0.3) is 0 Å². The fourth-order valence-electron chi connectivity index (χ4n) is 2.74. The van der Waals surface area contributed by atoms with Gasteiger partial charge in [-0.2, -0.15) is 5.26 Å². The average molecular weight is 351 g/mol. The third-order valence-corrected chi connectivity index (χ3v) is 4.51. The number of methoxy groups -OCH3 is 1. The van der Waals surface area contributed by atoms with Gasteiger partial charge in [-0.15, -0.1) is 0 Å². The van der Waals surface area contributed by atoms with Crippen LogP contribution in [0.4, 0.5) is 5.69 Å². The van der Waals surface area contributed by atoms with Crippen molar-refractivity contribution < 1.29 is 9.53 Å². The molecule has 0 spiro atoms. The molecule has 1 saturated carbocycles. The largest absolute Gasteiger partial charge is 0.495 e. The number of nitrogens with one attached hydrogen (secondary N) is 1. The molecule has 2 rings (SSSR count). The lowest BCUT2D eigenvalue weighted by molar-refractivity contribution is -0.123. The minimum absolute atomic E-state index is 0.219. The Morgan fingerprint density at radius 2 is 2.00 bits per heavy atom. The molecule has 1 amide bonds. The van der Waals surface area contributed by atoms with Crippen LogP contribution in [-0.2, 0) is 4.79 Å². The number of amides is 1. The Morgan fingerprint density at radius 3 is 2.57 bits per heavy atom. The van der Waals surface area contributed by atoms with Crippen molar-refractivity contribution >= 4 is 27.5 Å². The number of hydrogen-bond acceptors (Lipinski definition) is 3. The molecule has 0 aromatic heterocycles. The lowest BCUT2D eigenvalue weighted by atomic mass is 9.81. The third kappa shape index (κ3) is 3.56. The minimum Gasteiger partial charge on any atom is -0.495 e. The number of hydrogen-bond donors (Lipinski definition) is 1. The van der Waals surface area contributed by atoms with Crippen molar-refractivity contribution in [1.29, 1.82) is 5.26 Å². The molecule has 0 aliphatic heterocycles. The molecular formula is C16H19BrN2O2. The van der Waals surface area contributed by atoms with E-state index in [0.29, 0.717) is 24.3 Å². The van der Waals surface area contributed by atoms with Gasteiger partial charge >= 0.3 is 0 Å². The van der Waals surface area contributed by atoms with Crippen LogP contribution in [0.2, 0.25) is 0 Å². The van der Waals surface area contributed by atoms with Crippen LogP contribution in [-0.4, -0.2) is 13.0 Å². The second kappa shape index (κ2) is 6.95. The van der Waals surface area contributed by atoms with Gasteiger partial charge in [-0.25, -0.2) is 0 Å². The van der Waals surface area contributed by atoms with Crippen LogP contribution in [0, 0.1) is 16.7 Å².